The molecule has 0 aliphatic heterocycles. The van der Waals surface area contributed by atoms with Crippen molar-refractivity contribution in [3.05, 3.63) is 23.9 Å². The molecule has 21 heavy (non-hydrogen) atoms. The van der Waals surface area contributed by atoms with Crippen LogP contribution in [-0.2, 0) is 0 Å². The molecule has 1 heterocycles. The van der Waals surface area contributed by atoms with Gasteiger partial charge in [-0.25, -0.2) is 4.98 Å². The first-order valence-electron chi connectivity index (χ1n) is 6.18. The maximum Gasteiger partial charge on any atom is 0.447 e. The van der Waals surface area contributed by atoms with E-state index >= 15 is 0 Å². The number of nitrogens with zero attached hydrogens (tertiary/aromatic N) is 1. The van der Waals surface area contributed by atoms with Crippen molar-refractivity contribution in [2.24, 2.45) is 5.41 Å². The Bertz CT molecular complexity index is 501. The largest absolute Gasteiger partial charge is 0.447 e. The summed E-state index contributed by atoms with van der Waals surface area (Å²) in [6, 6.07) is 2.65. The third-order valence-corrected chi connectivity index (χ3v) is 3.43. The topological polar surface area (TPSA) is 62.2 Å². The minimum atomic E-state index is -4.52. The molecule has 8 heteroatoms. The Morgan fingerprint density at radius 1 is 1.43 bits per heavy atom. The van der Waals surface area contributed by atoms with Gasteiger partial charge in [-0.3, -0.25) is 4.79 Å². The van der Waals surface area contributed by atoms with E-state index in [1.54, 1.807) is 20.8 Å². The first kappa shape index (κ1) is 17.8. The van der Waals surface area contributed by atoms with Gasteiger partial charge in [-0.2, -0.15) is 13.2 Å². The number of halogens is 3. The van der Waals surface area contributed by atoms with Crippen LogP contribution in [0.1, 0.15) is 31.1 Å². The number of hydrogen-bond acceptors (Lipinski definition) is 4. The van der Waals surface area contributed by atoms with Crippen LogP contribution in [0.4, 0.5) is 13.2 Å². The number of rotatable bonds is 4. The summed E-state index contributed by atoms with van der Waals surface area (Å²) in [5.74, 6) is -0.696. The molecule has 0 aliphatic carbocycles. The summed E-state index contributed by atoms with van der Waals surface area (Å²) < 4.78 is 37.2. The van der Waals surface area contributed by atoms with Crippen LogP contribution in [0.3, 0.4) is 0 Å². The van der Waals surface area contributed by atoms with E-state index in [1.165, 1.54) is 18.3 Å². The fourth-order valence-corrected chi connectivity index (χ4v) is 1.95. The van der Waals surface area contributed by atoms with Crippen molar-refractivity contribution >= 4 is 17.7 Å². The molecule has 0 aromatic carbocycles. The van der Waals surface area contributed by atoms with E-state index in [9.17, 15) is 23.1 Å². The second-order valence-electron chi connectivity index (χ2n) is 5.50. The highest BCUT2D eigenvalue weighted by atomic mass is 32.2. The smallest absolute Gasteiger partial charge is 0.391 e. The zero-order valence-electron chi connectivity index (χ0n) is 11.9. The van der Waals surface area contributed by atoms with Crippen LogP contribution in [0.25, 0.3) is 0 Å². The normalized spacial score (nSPS) is 13.9. The number of pyridine rings is 1. The number of amides is 1. The van der Waals surface area contributed by atoms with E-state index in [-0.39, 0.29) is 12.1 Å². The van der Waals surface area contributed by atoms with Crippen LogP contribution in [-0.4, -0.2) is 34.2 Å². The van der Waals surface area contributed by atoms with Crippen LogP contribution in [0.15, 0.2) is 23.4 Å². The molecule has 0 fully saturated rings. The first-order valence-corrected chi connectivity index (χ1v) is 6.99. The summed E-state index contributed by atoms with van der Waals surface area (Å²) in [4.78, 5) is 15.5. The first-order chi connectivity index (χ1) is 9.50. The van der Waals surface area contributed by atoms with E-state index in [0.717, 1.165) is 0 Å². The molecular weight excluding hydrogens is 305 g/mol. The summed E-state index contributed by atoms with van der Waals surface area (Å²) >= 11 is -0.439. The molecule has 1 unspecified atom stereocenters. The summed E-state index contributed by atoms with van der Waals surface area (Å²) in [5, 5.41) is 11.8. The van der Waals surface area contributed by atoms with Gasteiger partial charge in [0, 0.05) is 24.5 Å². The molecule has 1 rings (SSSR count). The highest BCUT2D eigenvalue weighted by Crippen LogP contribution is 2.37. The maximum atomic E-state index is 12.4. The molecule has 1 atom stereocenters. The second kappa shape index (κ2) is 6.65. The molecule has 2 N–H and O–H groups in total. The van der Waals surface area contributed by atoms with E-state index in [4.69, 9.17) is 0 Å². The molecule has 118 valence electrons. The number of aromatic nitrogens is 1. The molecule has 0 saturated heterocycles. The van der Waals surface area contributed by atoms with Crippen molar-refractivity contribution in [2.45, 2.75) is 37.4 Å². The second-order valence-corrected chi connectivity index (χ2v) is 6.55. The van der Waals surface area contributed by atoms with E-state index in [1.807, 2.05) is 0 Å². The average molecular weight is 322 g/mol. The lowest BCUT2D eigenvalue weighted by Crippen LogP contribution is -2.39. The third-order valence-electron chi connectivity index (χ3n) is 2.68. The van der Waals surface area contributed by atoms with Crippen LogP contribution in [0.2, 0.25) is 0 Å². The summed E-state index contributed by atoms with van der Waals surface area (Å²) in [7, 11) is 0. The van der Waals surface area contributed by atoms with E-state index in [0.29, 0.717) is 0 Å². The number of carbonyl (C=O) groups excluding carboxylic acids is 1. The molecule has 4 nitrogen and oxygen atoms in total. The van der Waals surface area contributed by atoms with Gasteiger partial charge in [0.2, 0.25) is 0 Å². The van der Waals surface area contributed by atoms with Crippen LogP contribution in [0.5, 0.6) is 0 Å². The lowest BCUT2D eigenvalue weighted by molar-refractivity contribution is -0.0329. The SMILES string of the molecule is CC(C)(C)C(O)CNC(=O)c1cccnc1SC(F)(F)F. The molecule has 0 aliphatic rings. The van der Waals surface area contributed by atoms with Crippen molar-refractivity contribution in [1.82, 2.24) is 10.3 Å². The predicted molar refractivity (Wildman–Crippen MR) is 73.9 cm³/mol. The fourth-order valence-electron chi connectivity index (χ4n) is 1.35. The minimum Gasteiger partial charge on any atom is -0.391 e. The van der Waals surface area contributed by atoms with Gasteiger partial charge >= 0.3 is 5.51 Å². The van der Waals surface area contributed by atoms with Crippen molar-refractivity contribution in [1.29, 1.82) is 0 Å². The van der Waals surface area contributed by atoms with Crippen LogP contribution < -0.4 is 5.32 Å². The maximum absolute atomic E-state index is 12.4. The number of aliphatic hydroxyl groups is 1. The quantitative estimate of drug-likeness (QED) is 0.837. The van der Waals surface area contributed by atoms with Crippen LogP contribution in [0, 0.1) is 5.41 Å². The van der Waals surface area contributed by atoms with Gasteiger partial charge in [0.25, 0.3) is 5.91 Å². The van der Waals surface area contributed by atoms with Gasteiger partial charge in [-0.05, 0) is 17.5 Å². The zero-order valence-corrected chi connectivity index (χ0v) is 12.7. The molecule has 1 aromatic heterocycles. The number of alkyl halides is 3. The van der Waals surface area contributed by atoms with Gasteiger partial charge in [-0.15, -0.1) is 0 Å². The lowest BCUT2D eigenvalue weighted by atomic mass is 9.89. The predicted octanol–water partition coefficient (Wildman–Crippen LogP) is 2.83. The van der Waals surface area contributed by atoms with E-state index < -0.39 is 39.7 Å². The molecule has 0 spiro atoms. The number of hydrogen-bond donors (Lipinski definition) is 2. The summed E-state index contributed by atoms with van der Waals surface area (Å²) in [6.45, 7) is 5.32. The Hall–Kier alpha value is -1.28. The third kappa shape index (κ3) is 5.92. The molecule has 0 saturated carbocycles. The highest BCUT2D eigenvalue weighted by molar-refractivity contribution is 8.00. The van der Waals surface area contributed by atoms with Crippen LogP contribution >= 0.6 is 11.8 Å². The lowest BCUT2D eigenvalue weighted by Gasteiger charge is -2.26. The van der Waals surface area contributed by atoms with Gasteiger partial charge in [-0.1, -0.05) is 20.8 Å². The van der Waals surface area contributed by atoms with Gasteiger partial charge in [0.1, 0.15) is 5.03 Å². The van der Waals surface area contributed by atoms with Gasteiger partial charge < -0.3 is 10.4 Å². The molecule has 0 bridgehead atoms. The summed E-state index contributed by atoms with van der Waals surface area (Å²) in [5.41, 5.74) is -5.12. The number of carbonyl (C=O) groups is 1. The number of nitrogens with one attached hydrogen (secondary N) is 1. The van der Waals surface area contributed by atoms with Crippen molar-refractivity contribution < 1.29 is 23.1 Å². The summed E-state index contributed by atoms with van der Waals surface area (Å²) in [6.07, 6.45) is 0.381. The van der Waals surface area contributed by atoms with Crippen molar-refractivity contribution in [2.75, 3.05) is 6.54 Å². The average Bonchev–Trinajstić information content (AvgIpc) is 2.33. The minimum absolute atomic E-state index is 0.0483. The molecule has 0 radical (unpaired) electrons. The Balaban J connectivity index is 2.79. The molecule has 1 amide bonds. The molecule has 1 aromatic rings. The molecular formula is C13H17F3N2O2S. The Kier molecular flexibility index (Phi) is 5.63. The van der Waals surface area contributed by atoms with Crippen molar-refractivity contribution in [3.8, 4) is 0 Å². The Labute approximate surface area is 125 Å². The van der Waals surface area contributed by atoms with Gasteiger partial charge in [0.05, 0.1) is 11.7 Å². The number of aliphatic hydroxyl groups excluding tert-OH is 1. The Morgan fingerprint density at radius 3 is 2.57 bits per heavy atom. The van der Waals surface area contributed by atoms with E-state index in [2.05, 4.69) is 10.3 Å². The zero-order chi connectivity index (χ0) is 16.3. The fraction of sp³-hybridized carbons (Fsp3) is 0.538. The highest BCUT2D eigenvalue weighted by Gasteiger charge is 2.32. The monoisotopic (exact) mass is 322 g/mol. The van der Waals surface area contributed by atoms with Gasteiger partial charge in [0.15, 0.2) is 0 Å². The van der Waals surface area contributed by atoms with Crippen molar-refractivity contribution in [3.63, 3.8) is 0 Å². The standard InChI is InChI=1S/C13H17F3N2O2S/c1-12(2,3)9(19)7-18-10(20)8-5-4-6-17-11(8)21-13(14,15)16/h4-6,9,19H,7H2,1-3H3,(H,18,20). The Morgan fingerprint density at radius 2 is 2.05 bits per heavy atom. The number of thioether (sulfide) groups is 1.